The van der Waals surface area contributed by atoms with Gasteiger partial charge < -0.3 is 15.8 Å². The van der Waals surface area contributed by atoms with Crippen molar-refractivity contribution in [2.24, 2.45) is 16.6 Å². The Labute approximate surface area is 167 Å². The Morgan fingerprint density at radius 1 is 1.33 bits per heavy atom. The van der Waals surface area contributed by atoms with E-state index in [2.05, 4.69) is 23.3 Å². The number of nitrogens with one attached hydrogen (secondary N) is 1. The molecule has 0 heterocycles. The van der Waals surface area contributed by atoms with Gasteiger partial charge in [0.1, 0.15) is 5.75 Å². The monoisotopic (exact) mass is 463 g/mol. The van der Waals surface area contributed by atoms with Crippen LogP contribution in [0.15, 0.2) is 34.2 Å². The number of benzene rings is 1. The topological polar surface area (TPSA) is 59.6 Å². The lowest BCUT2D eigenvalue weighted by Gasteiger charge is -2.23. The molecule has 1 aliphatic rings. The van der Waals surface area contributed by atoms with Gasteiger partial charge in [-0.05, 0) is 30.9 Å². The maximum absolute atomic E-state index is 6.02. The summed E-state index contributed by atoms with van der Waals surface area (Å²) in [6.45, 7) is 2.97. The van der Waals surface area contributed by atoms with Gasteiger partial charge in [-0.25, -0.2) is 0 Å². The molecular weight excluding hydrogens is 433 g/mol. The molecule has 0 amide bonds. The van der Waals surface area contributed by atoms with E-state index in [1.807, 2.05) is 30.0 Å². The van der Waals surface area contributed by atoms with E-state index >= 15 is 0 Å². The molecule has 2 rings (SSSR count). The van der Waals surface area contributed by atoms with Crippen LogP contribution in [0.25, 0.3) is 0 Å². The van der Waals surface area contributed by atoms with Crippen LogP contribution in [0.5, 0.6) is 5.75 Å². The summed E-state index contributed by atoms with van der Waals surface area (Å²) in [6, 6.07) is 8.65. The van der Waals surface area contributed by atoms with Gasteiger partial charge in [0.2, 0.25) is 0 Å². The van der Waals surface area contributed by atoms with Crippen molar-refractivity contribution in [3.63, 3.8) is 0 Å². The molecule has 0 radical (unpaired) electrons. The highest BCUT2D eigenvalue weighted by atomic mass is 127. The van der Waals surface area contributed by atoms with Gasteiger partial charge in [-0.1, -0.05) is 38.3 Å². The molecule has 0 spiro atoms. The maximum atomic E-state index is 6.02. The number of nitrogens with zero attached hydrogens (tertiary/aromatic N) is 1. The van der Waals surface area contributed by atoms with Crippen molar-refractivity contribution in [1.82, 2.24) is 5.32 Å². The Morgan fingerprint density at radius 3 is 2.75 bits per heavy atom. The van der Waals surface area contributed by atoms with Crippen LogP contribution in [0.1, 0.15) is 39.0 Å². The summed E-state index contributed by atoms with van der Waals surface area (Å²) >= 11 is 1.81. The first-order valence-electron chi connectivity index (χ1n) is 8.51. The smallest absolute Gasteiger partial charge is 0.188 e. The lowest BCUT2D eigenvalue weighted by molar-refractivity contribution is 0.405. The Bertz CT molecular complexity index is 507. The molecule has 6 heteroatoms. The molecule has 1 fully saturated rings. The predicted octanol–water partition coefficient (Wildman–Crippen LogP) is 4.28. The molecule has 0 saturated heterocycles. The van der Waals surface area contributed by atoms with Gasteiger partial charge >= 0.3 is 0 Å². The van der Waals surface area contributed by atoms with Crippen molar-refractivity contribution in [3.8, 4) is 5.75 Å². The minimum Gasteiger partial charge on any atom is -0.496 e. The van der Waals surface area contributed by atoms with Gasteiger partial charge in [0.25, 0.3) is 0 Å². The highest BCUT2D eigenvalue weighted by Gasteiger charge is 2.13. The van der Waals surface area contributed by atoms with Gasteiger partial charge in [0, 0.05) is 23.2 Å². The molecule has 24 heavy (non-hydrogen) atoms. The molecule has 0 aliphatic heterocycles. The molecule has 1 aromatic carbocycles. The van der Waals surface area contributed by atoms with Gasteiger partial charge in [-0.2, -0.15) is 0 Å². The van der Waals surface area contributed by atoms with Gasteiger partial charge in [-0.15, -0.1) is 35.7 Å². The number of nitrogens with two attached hydrogens (primary N) is 1. The number of hydrogen-bond acceptors (Lipinski definition) is 3. The molecule has 1 atom stereocenters. The van der Waals surface area contributed by atoms with E-state index in [1.165, 1.54) is 37.0 Å². The number of guanidine groups is 1. The lowest BCUT2D eigenvalue weighted by Crippen LogP contribution is -2.41. The normalized spacial score (nSPS) is 17.0. The predicted molar refractivity (Wildman–Crippen MR) is 115 cm³/mol. The average molecular weight is 463 g/mol. The lowest BCUT2D eigenvalue weighted by atomic mass is 9.96. The van der Waals surface area contributed by atoms with Crippen molar-refractivity contribution >= 4 is 41.7 Å². The maximum Gasteiger partial charge on any atom is 0.188 e. The number of methoxy groups -OCH3 is 1. The summed E-state index contributed by atoms with van der Waals surface area (Å²) < 4.78 is 5.38. The van der Waals surface area contributed by atoms with Gasteiger partial charge in [0.05, 0.1) is 7.11 Å². The zero-order chi connectivity index (χ0) is 16.5. The van der Waals surface area contributed by atoms with Gasteiger partial charge in [-0.3, -0.25) is 4.99 Å². The SMILES string of the molecule is COc1ccccc1SCC(C)CN=C(N)NC1CCCCC1.I. The van der Waals surface area contributed by atoms with Crippen LogP contribution in [0.2, 0.25) is 0 Å². The molecule has 1 aromatic rings. The fraction of sp³-hybridized carbons (Fsp3) is 0.611. The van der Waals surface area contributed by atoms with E-state index < -0.39 is 0 Å². The highest BCUT2D eigenvalue weighted by molar-refractivity contribution is 14.0. The first-order chi connectivity index (χ1) is 11.2. The summed E-state index contributed by atoms with van der Waals surface area (Å²) in [4.78, 5) is 5.69. The highest BCUT2D eigenvalue weighted by Crippen LogP contribution is 2.30. The third kappa shape index (κ3) is 7.51. The zero-order valence-electron chi connectivity index (χ0n) is 14.7. The molecule has 0 bridgehead atoms. The number of hydrogen-bond donors (Lipinski definition) is 2. The fourth-order valence-electron chi connectivity index (χ4n) is 2.78. The summed E-state index contributed by atoms with van der Waals surface area (Å²) in [5.41, 5.74) is 6.02. The number of halogens is 1. The molecule has 3 N–H and O–H groups in total. The Balaban J connectivity index is 0.00000288. The van der Waals surface area contributed by atoms with E-state index in [4.69, 9.17) is 10.5 Å². The van der Waals surface area contributed by atoms with Crippen LogP contribution in [-0.4, -0.2) is 31.4 Å². The van der Waals surface area contributed by atoms with Crippen LogP contribution < -0.4 is 15.8 Å². The van der Waals surface area contributed by atoms with Crippen LogP contribution in [-0.2, 0) is 0 Å². The minimum atomic E-state index is 0. The zero-order valence-corrected chi connectivity index (χ0v) is 17.8. The van der Waals surface area contributed by atoms with Crippen LogP contribution in [0.4, 0.5) is 0 Å². The number of aliphatic imine (C=N–C) groups is 1. The first kappa shape index (κ1) is 21.4. The number of ether oxygens (including phenoxy) is 1. The molecule has 0 aromatic heterocycles. The van der Waals surface area contributed by atoms with Crippen LogP contribution in [0.3, 0.4) is 0 Å². The third-order valence-corrected chi connectivity index (χ3v) is 5.51. The third-order valence-electron chi connectivity index (χ3n) is 4.12. The molecule has 4 nitrogen and oxygen atoms in total. The minimum absolute atomic E-state index is 0. The van der Waals surface area contributed by atoms with Crippen molar-refractivity contribution in [2.45, 2.75) is 50.0 Å². The summed E-state index contributed by atoms with van der Waals surface area (Å²) in [5.74, 6) is 3.01. The molecule has 1 saturated carbocycles. The fourth-order valence-corrected chi connectivity index (χ4v) is 3.82. The second-order valence-corrected chi connectivity index (χ2v) is 7.33. The summed E-state index contributed by atoms with van der Waals surface area (Å²) in [5, 5.41) is 3.37. The standard InChI is InChI=1S/C18H29N3OS.HI/c1-14(13-23-17-11-7-6-10-16(17)22-2)12-20-18(19)21-15-8-4-3-5-9-15;/h6-7,10-11,14-15H,3-5,8-9,12-13H2,1-2H3,(H3,19,20,21);1H. The van der Waals surface area contributed by atoms with E-state index in [9.17, 15) is 0 Å². The summed E-state index contributed by atoms with van der Waals surface area (Å²) in [7, 11) is 1.71. The number of rotatable bonds is 7. The van der Waals surface area contributed by atoms with E-state index in [0.29, 0.717) is 17.9 Å². The molecule has 1 unspecified atom stereocenters. The number of para-hydroxylation sites is 1. The van der Waals surface area contributed by atoms with E-state index in [0.717, 1.165) is 18.0 Å². The van der Waals surface area contributed by atoms with Crippen molar-refractivity contribution in [2.75, 3.05) is 19.4 Å². The van der Waals surface area contributed by atoms with Crippen LogP contribution >= 0.6 is 35.7 Å². The second-order valence-electron chi connectivity index (χ2n) is 6.27. The number of thioether (sulfide) groups is 1. The van der Waals surface area contributed by atoms with Crippen molar-refractivity contribution in [3.05, 3.63) is 24.3 Å². The molecule has 1 aliphatic carbocycles. The van der Waals surface area contributed by atoms with Crippen molar-refractivity contribution in [1.29, 1.82) is 0 Å². The van der Waals surface area contributed by atoms with E-state index in [-0.39, 0.29) is 24.0 Å². The molecule has 136 valence electrons. The quantitative estimate of drug-likeness (QED) is 0.274. The Hall–Kier alpha value is -0.630. The van der Waals surface area contributed by atoms with Crippen molar-refractivity contribution < 1.29 is 4.74 Å². The largest absolute Gasteiger partial charge is 0.496 e. The second kappa shape index (κ2) is 11.8. The first-order valence-corrected chi connectivity index (χ1v) is 9.50. The Kier molecular flexibility index (Phi) is 10.6. The average Bonchev–Trinajstić information content (AvgIpc) is 2.59. The van der Waals surface area contributed by atoms with Crippen LogP contribution in [0, 0.1) is 5.92 Å². The Morgan fingerprint density at radius 2 is 2.04 bits per heavy atom. The van der Waals surface area contributed by atoms with E-state index in [1.54, 1.807) is 7.11 Å². The molecular formula is C18H30IN3OS. The summed E-state index contributed by atoms with van der Waals surface area (Å²) in [6.07, 6.45) is 6.39. The van der Waals surface area contributed by atoms with Gasteiger partial charge in [0.15, 0.2) is 5.96 Å².